The molecule has 0 aliphatic rings. The van der Waals surface area contributed by atoms with E-state index in [-0.39, 0.29) is 11.7 Å². The van der Waals surface area contributed by atoms with Crippen LogP contribution in [0.5, 0.6) is 0 Å². The van der Waals surface area contributed by atoms with Crippen LogP contribution < -0.4 is 10.6 Å². The minimum absolute atomic E-state index is 0.270. The van der Waals surface area contributed by atoms with Crippen molar-refractivity contribution in [1.29, 1.82) is 0 Å². The fraction of sp³-hybridized carbons (Fsp3) is 0.0870. The number of carbonyl (C=O) groups excluding carboxylic acids is 1. The molecule has 0 aliphatic heterocycles. The van der Waals surface area contributed by atoms with Crippen LogP contribution in [-0.2, 0) is 13.1 Å². The number of hydrogen-bond acceptors (Lipinski definition) is 4. The predicted molar refractivity (Wildman–Crippen MR) is 113 cm³/mol. The first-order chi connectivity index (χ1) is 14.2. The van der Waals surface area contributed by atoms with Crippen LogP contribution in [0.25, 0.3) is 11.3 Å². The molecule has 29 heavy (non-hydrogen) atoms. The zero-order chi connectivity index (χ0) is 20.1. The van der Waals surface area contributed by atoms with Gasteiger partial charge in [-0.1, -0.05) is 35.9 Å². The van der Waals surface area contributed by atoms with Gasteiger partial charge < -0.3 is 19.5 Å². The van der Waals surface area contributed by atoms with Gasteiger partial charge in [-0.25, -0.2) is 0 Å². The molecule has 4 aromatic rings. The maximum atomic E-state index is 12.0. The number of hydrogen-bond donors (Lipinski definition) is 2. The molecule has 0 unspecified atom stereocenters. The Morgan fingerprint density at radius 3 is 2.48 bits per heavy atom. The minimum atomic E-state index is -0.270. The van der Waals surface area contributed by atoms with Crippen molar-refractivity contribution < 1.29 is 13.6 Å². The molecule has 5 nitrogen and oxygen atoms in total. The first-order valence-electron chi connectivity index (χ1n) is 9.17. The predicted octanol–water partition coefficient (Wildman–Crippen LogP) is 5.74. The van der Waals surface area contributed by atoms with Gasteiger partial charge in [0.25, 0.3) is 5.91 Å². The summed E-state index contributed by atoms with van der Waals surface area (Å²) in [6.07, 6.45) is 1.47. The van der Waals surface area contributed by atoms with E-state index in [1.54, 1.807) is 12.1 Å². The van der Waals surface area contributed by atoms with Crippen LogP contribution in [0.3, 0.4) is 0 Å². The van der Waals surface area contributed by atoms with E-state index in [0.29, 0.717) is 23.8 Å². The molecule has 1 amide bonds. The SMILES string of the molecule is O=C(Nc1ccc(CNCc2ccc(-c3ccccc3Cl)o2)cc1)c1ccco1. The third kappa shape index (κ3) is 4.77. The van der Waals surface area contributed by atoms with E-state index in [4.69, 9.17) is 20.4 Å². The van der Waals surface area contributed by atoms with Gasteiger partial charge in [-0.05, 0) is 54.1 Å². The van der Waals surface area contributed by atoms with Gasteiger partial charge in [0.15, 0.2) is 5.76 Å². The second-order valence-electron chi connectivity index (χ2n) is 6.48. The Morgan fingerprint density at radius 1 is 0.897 bits per heavy atom. The highest BCUT2D eigenvalue weighted by Gasteiger charge is 2.09. The van der Waals surface area contributed by atoms with Crippen molar-refractivity contribution >= 4 is 23.2 Å². The lowest BCUT2D eigenvalue weighted by molar-refractivity contribution is 0.0996. The minimum Gasteiger partial charge on any atom is -0.460 e. The Balaban J connectivity index is 1.29. The van der Waals surface area contributed by atoms with E-state index < -0.39 is 0 Å². The van der Waals surface area contributed by atoms with Gasteiger partial charge in [-0.3, -0.25) is 4.79 Å². The maximum absolute atomic E-state index is 12.0. The molecule has 0 fully saturated rings. The molecule has 0 saturated carbocycles. The lowest BCUT2D eigenvalue weighted by atomic mass is 10.2. The van der Waals surface area contributed by atoms with Gasteiger partial charge in [0, 0.05) is 17.8 Å². The first kappa shape index (κ1) is 19.1. The maximum Gasteiger partial charge on any atom is 0.291 e. The van der Waals surface area contributed by atoms with E-state index in [1.807, 2.05) is 60.7 Å². The summed E-state index contributed by atoms with van der Waals surface area (Å²) in [5, 5.41) is 6.82. The molecule has 0 bridgehead atoms. The van der Waals surface area contributed by atoms with Crippen LogP contribution in [-0.4, -0.2) is 5.91 Å². The van der Waals surface area contributed by atoms with Crippen molar-refractivity contribution in [1.82, 2.24) is 5.32 Å². The van der Waals surface area contributed by atoms with Crippen LogP contribution in [0.15, 0.2) is 87.9 Å². The van der Waals surface area contributed by atoms with Crippen molar-refractivity contribution in [2.75, 3.05) is 5.32 Å². The second kappa shape index (κ2) is 8.82. The monoisotopic (exact) mass is 406 g/mol. The Bertz CT molecular complexity index is 1090. The number of anilines is 1. The lowest BCUT2D eigenvalue weighted by Crippen LogP contribution is -2.13. The second-order valence-corrected chi connectivity index (χ2v) is 6.88. The van der Waals surface area contributed by atoms with Crippen molar-refractivity contribution in [3.63, 3.8) is 0 Å². The number of benzene rings is 2. The van der Waals surface area contributed by atoms with Gasteiger partial charge in [0.05, 0.1) is 17.8 Å². The molecule has 0 atom stereocenters. The Kier molecular flexibility index (Phi) is 5.79. The summed E-state index contributed by atoms with van der Waals surface area (Å²) in [5.41, 5.74) is 2.69. The summed E-state index contributed by atoms with van der Waals surface area (Å²) >= 11 is 6.22. The Morgan fingerprint density at radius 2 is 1.72 bits per heavy atom. The molecule has 0 saturated heterocycles. The molecule has 0 aliphatic carbocycles. The van der Waals surface area contributed by atoms with Crippen LogP contribution in [0.2, 0.25) is 5.02 Å². The summed E-state index contributed by atoms with van der Waals surface area (Å²) in [6, 6.07) is 22.4. The van der Waals surface area contributed by atoms with Crippen LogP contribution in [0.1, 0.15) is 21.9 Å². The molecule has 6 heteroatoms. The van der Waals surface area contributed by atoms with Gasteiger partial charge in [0.1, 0.15) is 11.5 Å². The first-order valence-corrected chi connectivity index (χ1v) is 9.55. The summed E-state index contributed by atoms with van der Waals surface area (Å²) in [5.74, 6) is 1.60. The Hall–Kier alpha value is -3.28. The number of rotatable bonds is 7. The summed E-state index contributed by atoms with van der Waals surface area (Å²) < 4.78 is 11.0. The van der Waals surface area contributed by atoms with Gasteiger partial charge in [0.2, 0.25) is 0 Å². The normalized spacial score (nSPS) is 10.8. The Labute approximate surface area is 173 Å². The number of carbonyl (C=O) groups is 1. The molecule has 4 rings (SSSR count). The number of halogens is 1. The molecule has 2 aromatic heterocycles. The van der Waals surface area contributed by atoms with Crippen molar-refractivity contribution in [3.05, 3.63) is 101 Å². The molecule has 0 spiro atoms. The fourth-order valence-electron chi connectivity index (χ4n) is 2.92. The van der Waals surface area contributed by atoms with Crippen LogP contribution in [0.4, 0.5) is 5.69 Å². The molecule has 2 aromatic carbocycles. The van der Waals surface area contributed by atoms with Gasteiger partial charge in [-0.2, -0.15) is 0 Å². The van der Waals surface area contributed by atoms with Gasteiger partial charge in [-0.15, -0.1) is 0 Å². The van der Waals surface area contributed by atoms with Crippen LogP contribution in [0, 0.1) is 0 Å². The number of furan rings is 2. The molecule has 2 heterocycles. The fourth-order valence-corrected chi connectivity index (χ4v) is 3.14. The molecular formula is C23H19ClN2O3. The topological polar surface area (TPSA) is 67.4 Å². The quantitative estimate of drug-likeness (QED) is 0.411. The summed E-state index contributed by atoms with van der Waals surface area (Å²) in [6.45, 7) is 1.27. The molecule has 0 radical (unpaired) electrons. The average Bonchev–Trinajstić information content (AvgIpc) is 3.42. The van der Waals surface area contributed by atoms with Crippen molar-refractivity contribution in [3.8, 4) is 11.3 Å². The lowest BCUT2D eigenvalue weighted by Gasteiger charge is -2.06. The van der Waals surface area contributed by atoms with Gasteiger partial charge >= 0.3 is 0 Å². The van der Waals surface area contributed by atoms with E-state index in [9.17, 15) is 4.79 Å². The highest BCUT2D eigenvalue weighted by atomic mass is 35.5. The van der Waals surface area contributed by atoms with E-state index >= 15 is 0 Å². The summed E-state index contributed by atoms with van der Waals surface area (Å²) in [4.78, 5) is 12.0. The van der Waals surface area contributed by atoms with E-state index in [2.05, 4.69) is 10.6 Å². The number of nitrogens with one attached hydrogen (secondary N) is 2. The largest absolute Gasteiger partial charge is 0.460 e. The highest BCUT2D eigenvalue weighted by molar-refractivity contribution is 6.33. The zero-order valence-corrected chi connectivity index (χ0v) is 16.3. The van der Waals surface area contributed by atoms with Crippen molar-refractivity contribution in [2.24, 2.45) is 0 Å². The van der Waals surface area contributed by atoms with E-state index in [0.717, 1.165) is 22.6 Å². The average molecular weight is 407 g/mol. The third-order valence-electron chi connectivity index (χ3n) is 4.39. The summed E-state index contributed by atoms with van der Waals surface area (Å²) in [7, 11) is 0. The third-order valence-corrected chi connectivity index (χ3v) is 4.72. The van der Waals surface area contributed by atoms with E-state index in [1.165, 1.54) is 6.26 Å². The zero-order valence-electron chi connectivity index (χ0n) is 15.5. The smallest absolute Gasteiger partial charge is 0.291 e. The number of amides is 1. The molecular weight excluding hydrogens is 388 g/mol. The molecule has 146 valence electrons. The van der Waals surface area contributed by atoms with Crippen molar-refractivity contribution in [2.45, 2.75) is 13.1 Å². The van der Waals surface area contributed by atoms with Crippen LogP contribution >= 0.6 is 11.6 Å². The molecule has 2 N–H and O–H groups in total. The highest BCUT2D eigenvalue weighted by Crippen LogP contribution is 2.29. The standard InChI is InChI=1S/C23H19ClN2O3/c24-20-5-2-1-4-19(20)21-12-11-18(29-21)15-25-14-16-7-9-17(10-8-16)26-23(27)22-6-3-13-28-22/h1-13,25H,14-15H2,(H,26,27).